The van der Waals surface area contributed by atoms with Crippen LogP contribution in [0.3, 0.4) is 0 Å². The molecule has 2 aromatic rings. The summed E-state index contributed by atoms with van der Waals surface area (Å²) in [6.45, 7) is 2.32. The number of nitrogens with zero attached hydrogens (tertiary/aromatic N) is 2. The summed E-state index contributed by atoms with van der Waals surface area (Å²) in [5, 5.41) is 10.6. The van der Waals surface area contributed by atoms with Crippen molar-refractivity contribution in [2.24, 2.45) is 0 Å². The van der Waals surface area contributed by atoms with Gasteiger partial charge in [0.2, 0.25) is 5.89 Å². The van der Waals surface area contributed by atoms with Crippen molar-refractivity contribution in [2.45, 2.75) is 13.5 Å². The third-order valence-corrected chi connectivity index (χ3v) is 2.70. The summed E-state index contributed by atoms with van der Waals surface area (Å²) in [5.74, 6) is 1.35. The number of halogens is 1. The SMILES string of the molecule is COc1cc(Br)ccc1CNc1nnc(C)o1. The quantitative estimate of drug-likeness (QED) is 0.940. The van der Waals surface area contributed by atoms with Gasteiger partial charge in [0, 0.05) is 23.5 Å². The van der Waals surface area contributed by atoms with Gasteiger partial charge in [-0.05, 0) is 12.1 Å². The standard InChI is InChI=1S/C11H12BrN3O2/c1-7-14-15-11(17-7)13-6-8-3-4-9(12)5-10(8)16-2/h3-5H,6H2,1-2H3,(H,13,15). The maximum Gasteiger partial charge on any atom is 0.315 e. The van der Waals surface area contributed by atoms with Crippen molar-refractivity contribution < 1.29 is 9.15 Å². The minimum absolute atomic E-state index is 0.410. The predicted octanol–water partition coefficient (Wildman–Crippen LogP) is 2.76. The number of aromatic nitrogens is 2. The normalized spacial score (nSPS) is 10.3. The molecule has 0 unspecified atom stereocenters. The molecule has 0 atom stereocenters. The van der Waals surface area contributed by atoms with E-state index in [1.165, 1.54) is 0 Å². The van der Waals surface area contributed by atoms with Crippen molar-refractivity contribution in [1.29, 1.82) is 0 Å². The number of ether oxygens (including phenoxy) is 1. The van der Waals surface area contributed by atoms with Gasteiger partial charge in [0.15, 0.2) is 0 Å². The molecule has 0 amide bonds. The zero-order chi connectivity index (χ0) is 12.3. The molecule has 0 fully saturated rings. The summed E-state index contributed by atoms with van der Waals surface area (Å²) in [7, 11) is 1.64. The number of methoxy groups -OCH3 is 1. The molecule has 5 nitrogen and oxygen atoms in total. The molecule has 0 spiro atoms. The first-order valence-electron chi connectivity index (χ1n) is 5.05. The maximum atomic E-state index is 5.28. The lowest BCUT2D eigenvalue weighted by molar-refractivity contribution is 0.410. The van der Waals surface area contributed by atoms with Gasteiger partial charge in [0.05, 0.1) is 7.11 Å². The molecule has 1 heterocycles. The molecule has 0 radical (unpaired) electrons. The minimum Gasteiger partial charge on any atom is -0.496 e. The highest BCUT2D eigenvalue weighted by molar-refractivity contribution is 9.10. The van der Waals surface area contributed by atoms with Crippen LogP contribution in [0.1, 0.15) is 11.5 Å². The van der Waals surface area contributed by atoms with E-state index in [1.54, 1.807) is 14.0 Å². The third-order valence-electron chi connectivity index (χ3n) is 2.21. The van der Waals surface area contributed by atoms with Crippen LogP contribution in [0.25, 0.3) is 0 Å². The second kappa shape index (κ2) is 5.18. The molecule has 0 bridgehead atoms. The summed E-state index contributed by atoms with van der Waals surface area (Å²) in [4.78, 5) is 0. The molecule has 0 saturated carbocycles. The molecule has 90 valence electrons. The van der Waals surface area contributed by atoms with Crippen molar-refractivity contribution in [3.63, 3.8) is 0 Å². The van der Waals surface area contributed by atoms with E-state index in [2.05, 4.69) is 31.4 Å². The van der Waals surface area contributed by atoms with Crippen molar-refractivity contribution in [3.05, 3.63) is 34.1 Å². The van der Waals surface area contributed by atoms with Crippen LogP contribution in [0, 0.1) is 6.92 Å². The molecule has 17 heavy (non-hydrogen) atoms. The molecule has 2 rings (SSSR count). The van der Waals surface area contributed by atoms with E-state index in [0.29, 0.717) is 18.5 Å². The predicted molar refractivity (Wildman–Crippen MR) is 67.1 cm³/mol. The highest BCUT2D eigenvalue weighted by Gasteiger charge is 2.06. The number of hydrogen-bond donors (Lipinski definition) is 1. The Bertz CT molecular complexity index is 513. The van der Waals surface area contributed by atoms with Crippen LogP contribution in [0.4, 0.5) is 6.01 Å². The first kappa shape index (κ1) is 11.9. The lowest BCUT2D eigenvalue weighted by atomic mass is 10.2. The second-order valence-electron chi connectivity index (χ2n) is 3.44. The molecular formula is C11H12BrN3O2. The van der Waals surface area contributed by atoms with Crippen LogP contribution < -0.4 is 10.1 Å². The van der Waals surface area contributed by atoms with Gasteiger partial charge >= 0.3 is 6.01 Å². The molecular weight excluding hydrogens is 286 g/mol. The highest BCUT2D eigenvalue weighted by Crippen LogP contribution is 2.24. The van der Waals surface area contributed by atoms with Crippen molar-refractivity contribution in [3.8, 4) is 5.75 Å². The number of anilines is 1. The molecule has 0 saturated heterocycles. The van der Waals surface area contributed by atoms with Crippen molar-refractivity contribution in [2.75, 3.05) is 12.4 Å². The lowest BCUT2D eigenvalue weighted by Gasteiger charge is -2.08. The van der Waals surface area contributed by atoms with E-state index >= 15 is 0 Å². The Labute approximate surface area is 107 Å². The summed E-state index contributed by atoms with van der Waals surface area (Å²) < 4.78 is 11.5. The Kier molecular flexibility index (Phi) is 3.63. The summed E-state index contributed by atoms with van der Waals surface area (Å²) in [5.41, 5.74) is 1.02. The summed E-state index contributed by atoms with van der Waals surface area (Å²) in [6.07, 6.45) is 0. The fourth-order valence-corrected chi connectivity index (χ4v) is 1.74. The first-order chi connectivity index (χ1) is 8.19. The highest BCUT2D eigenvalue weighted by atomic mass is 79.9. The molecule has 1 N–H and O–H groups in total. The lowest BCUT2D eigenvalue weighted by Crippen LogP contribution is -2.01. The van der Waals surface area contributed by atoms with Crippen molar-refractivity contribution >= 4 is 21.9 Å². The Morgan fingerprint density at radius 2 is 2.24 bits per heavy atom. The molecule has 6 heteroatoms. The summed E-state index contributed by atoms with van der Waals surface area (Å²) in [6, 6.07) is 6.25. The van der Waals surface area contributed by atoms with Gasteiger partial charge in [-0.25, -0.2) is 0 Å². The Morgan fingerprint density at radius 3 is 2.88 bits per heavy atom. The zero-order valence-electron chi connectivity index (χ0n) is 9.53. The van der Waals surface area contributed by atoms with E-state index < -0.39 is 0 Å². The first-order valence-corrected chi connectivity index (χ1v) is 5.84. The van der Waals surface area contributed by atoms with Gasteiger partial charge in [-0.15, -0.1) is 5.10 Å². The van der Waals surface area contributed by atoms with Crippen molar-refractivity contribution in [1.82, 2.24) is 10.2 Å². The third kappa shape index (κ3) is 2.97. The van der Waals surface area contributed by atoms with Crippen LogP contribution in [0.15, 0.2) is 27.1 Å². The second-order valence-corrected chi connectivity index (χ2v) is 4.35. The zero-order valence-corrected chi connectivity index (χ0v) is 11.1. The summed E-state index contributed by atoms with van der Waals surface area (Å²) >= 11 is 3.40. The average molecular weight is 298 g/mol. The number of nitrogens with one attached hydrogen (secondary N) is 1. The fraction of sp³-hybridized carbons (Fsp3) is 0.273. The fourth-order valence-electron chi connectivity index (χ4n) is 1.40. The van der Waals surface area contributed by atoms with Crippen LogP contribution in [0.5, 0.6) is 5.75 Å². The number of rotatable bonds is 4. The molecule has 1 aromatic carbocycles. The molecule has 0 aliphatic heterocycles. The monoisotopic (exact) mass is 297 g/mol. The van der Waals surface area contributed by atoms with Gasteiger partial charge in [-0.3, -0.25) is 0 Å². The largest absolute Gasteiger partial charge is 0.496 e. The van der Waals surface area contributed by atoms with E-state index in [0.717, 1.165) is 15.8 Å². The smallest absolute Gasteiger partial charge is 0.315 e. The molecule has 1 aromatic heterocycles. The number of benzene rings is 1. The van der Waals surface area contributed by atoms with Crippen LogP contribution in [-0.2, 0) is 6.54 Å². The number of aryl methyl sites for hydroxylation is 1. The topological polar surface area (TPSA) is 60.2 Å². The molecule has 0 aliphatic carbocycles. The van der Waals surface area contributed by atoms with Gasteiger partial charge < -0.3 is 14.5 Å². The Morgan fingerprint density at radius 1 is 1.41 bits per heavy atom. The van der Waals surface area contributed by atoms with E-state index in [-0.39, 0.29) is 0 Å². The van der Waals surface area contributed by atoms with Crippen LogP contribution in [0.2, 0.25) is 0 Å². The van der Waals surface area contributed by atoms with E-state index in [1.807, 2.05) is 18.2 Å². The van der Waals surface area contributed by atoms with Gasteiger partial charge in [0.1, 0.15) is 5.75 Å². The van der Waals surface area contributed by atoms with E-state index in [4.69, 9.17) is 9.15 Å². The Hall–Kier alpha value is -1.56. The van der Waals surface area contributed by atoms with Crippen LogP contribution >= 0.6 is 15.9 Å². The average Bonchev–Trinajstić information content (AvgIpc) is 2.73. The van der Waals surface area contributed by atoms with Gasteiger partial charge in [0.25, 0.3) is 0 Å². The van der Waals surface area contributed by atoms with Gasteiger partial charge in [-0.1, -0.05) is 27.1 Å². The maximum absolute atomic E-state index is 5.28. The minimum atomic E-state index is 0.410. The Balaban J connectivity index is 2.08. The number of hydrogen-bond acceptors (Lipinski definition) is 5. The molecule has 0 aliphatic rings. The van der Waals surface area contributed by atoms with E-state index in [9.17, 15) is 0 Å². The van der Waals surface area contributed by atoms with Gasteiger partial charge in [-0.2, -0.15) is 0 Å². The van der Waals surface area contributed by atoms with Crippen LogP contribution in [-0.4, -0.2) is 17.3 Å².